The average Bonchev–Trinajstić information content (AvgIpc) is 3.11. The summed E-state index contributed by atoms with van der Waals surface area (Å²) in [5.74, 6) is -3.16. The minimum atomic E-state index is -0.791. The molecule has 180 valence electrons. The number of hydrogen-bond donors (Lipinski definition) is 0. The van der Waals surface area contributed by atoms with Crippen LogP contribution >= 0.6 is 0 Å². The van der Waals surface area contributed by atoms with Crippen molar-refractivity contribution in [3.05, 3.63) is 81.4 Å². The maximum absolute atomic E-state index is 13.5. The zero-order chi connectivity index (χ0) is 25.3. The molecule has 1 fully saturated rings. The van der Waals surface area contributed by atoms with Crippen LogP contribution in [0.2, 0.25) is 0 Å². The number of allylic oxidation sites excluding steroid dienone is 2. The van der Waals surface area contributed by atoms with Crippen LogP contribution in [0.15, 0.2) is 60.2 Å². The molecule has 1 aliphatic heterocycles. The summed E-state index contributed by atoms with van der Waals surface area (Å²) >= 11 is 0. The summed E-state index contributed by atoms with van der Waals surface area (Å²) in [6.45, 7) is 1.30. The molecule has 2 aromatic carbocycles. The number of benzene rings is 2. The van der Waals surface area contributed by atoms with Gasteiger partial charge in [-0.05, 0) is 44.0 Å². The SMILES string of the molecule is COc1cccc(C(=O)CN(C(=O)c2ccc([N+](=O)[O-])cc2)N2C(=O)[C@H]3CC=C(C)C[C@H]3C2=O)c1. The van der Waals surface area contributed by atoms with E-state index in [0.717, 1.165) is 27.7 Å². The number of hydrazine groups is 1. The molecule has 1 heterocycles. The number of methoxy groups -OCH3 is 1. The number of Topliss-reactive ketones (excluding diaryl/α,β-unsaturated/α-hetero) is 1. The van der Waals surface area contributed by atoms with Crippen molar-refractivity contribution in [3.63, 3.8) is 0 Å². The van der Waals surface area contributed by atoms with Crippen LogP contribution in [0.3, 0.4) is 0 Å². The standard InChI is InChI=1S/C25H23N3O7/c1-15-6-11-20-21(12-15)25(32)27(24(20)31)26(14-22(29)17-4-3-5-19(13-17)35-2)23(30)16-7-9-18(10-8-16)28(33)34/h3-10,13,20-21H,11-12,14H2,1-2H3/t20-,21+/m0/s1. The van der Waals surface area contributed by atoms with Gasteiger partial charge in [0.25, 0.3) is 23.4 Å². The van der Waals surface area contributed by atoms with E-state index < -0.39 is 46.8 Å². The molecule has 0 bridgehead atoms. The fourth-order valence-corrected chi connectivity index (χ4v) is 4.39. The molecule has 0 aromatic heterocycles. The third-order valence-electron chi connectivity index (χ3n) is 6.29. The van der Waals surface area contributed by atoms with E-state index >= 15 is 0 Å². The van der Waals surface area contributed by atoms with E-state index in [2.05, 4.69) is 0 Å². The van der Waals surface area contributed by atoms with Crippen molar-refractivity contribution in [2.75, 3.05) is 13.7 Å². The van der Waals surface area contributed by atoms with Gasteiger partial charge in [-0.1, -0.05) is 23.8 Å². The Labute approximate surface area is 200 Å². The lowest BCUT2D eigenvalue weighted by atomic mass is 9.82. The summed E-state index contributed by atoms with van der Waals surface area (Å²) in [6, 6.07) is 11.1. The van der Waals surface area contributed by atoms with E-state index in [1.54, 1.807) is 18.2 Å². The Morgan fingerprint density at radius 2 is 1.77 bits per heavy atom. The highest BCUT2D eigenvalue weighted by Gasteiger charge is 2.51. The van der Waals surface area contributed by atoms with E-state index in [1.165, 1.54) is 25.3 Å². The monoisotopic (exact) mass is 477 g/mol. The summed E-state index contributed by atoms with van der Waals surface area (Å²) < 4.78 is 5.15. The number of nitrogens with zero attached hydrogens (tertiary/aromatic N) is 3. The average molecular weight is 477 g/mol. The normalized spacial score (nSPS) is 19.1. The molecule has 1 aliphatic carbocycles. The highest BCUT2D eigenvalue weighted by molar-refractivity contribution is 6.09. The van der Waals surface area contributed by atoms with E-state index in [1.807, 2.05) is 13.0 Å². The fourth-order valence-electron chi connectivity index (χ4n) is 4.39. The van der Waals surface area contributed by atoms with Crippen LogP contribution in [0.1, 0.15) is 40.5 Å². The molecular weight excluding hydrogens is 454 g/mol. The molecule has 2 atom stereocenters. The van der Waals surface area contributed by atoms with Crippen LogP contribution < -0.4 is 4.74 Å². The van der Waals surface area contributed by atoms with Gasteiger partial charge in [-0.25, -0.2) is 5.01 Å². The summed E-state index contributed by atoms with van der Waals surface area (Å²) in [5, 5.41) is 12.6. The Hall–Kier alpha value is -4.34. The highest BCUT2D eigenvalue weighted by Crippen LogP contribution is 2.38. The van der Waals surface area contributed by atoms with E-state index in [9.17, 15) is 29.3 Å². The molecule has 0 radical (unpaired) electrons. The van der Waals surface area contributed by atoms with Gasteiger partial charge in [-0.15, -0.1) is 0 Å². The number of ketones is 1. The maximum atomic E-state index is 13.5. The lowest BCUT2D eigenvalue weighted by molar-refractivity contribution is -0.384. The maximum Gasteiger partial charge on any atom is 0.273 e. The topological polar surface area (TPSA) is 127 Å². The molecular formula is C25H23N3O7. The Balaban J connectivity index is 1.69. The molecule has 0 spiro atoms. The van der Waals surface area contributed by atoms with Crippen LogP contribution in [0.4, 0.5) is 5.69 Å². The number of imide groups is 1. The molecule has 4 rings (SSSR count). The van der Waals surface area contributed by atoms with Crippen molar-refractivity contribution >= 4 is 29.2 Å². The second-order valence-electron chi connectivity index (χ2n) is 8.51. The van der Waals surface area contributed by atoms with Gasteiger partial charge in [-0.2, -0.15) is 5.01 Å². The second kappa shape index (κ2) is 9.49. The summed E-state index contributed by atoms with van der Waals surface area (Å²) in [7, 11) is 1.45. The number of amides is 3. The highest BCUT2D eigenvalue weighted by atomic mass is 16.6. The van der Waals surface area contributed by atoms with Crippen molar-refractivity contribution < 1.29 is 28.8 Å². The van der Waals surface area contributed by atoms with E-state index in [-0.39, 0.29) is 16.8 Å². The molecule has 10 nitrogen and oxygen atoms in total. The van der Waals surface area contributed by atoms with Gasteiger partial charge in [0.05, 0.1) is 23.9 Å². The minimum Gasteiger partial charge on any atom is -0.497 e. The van der Waals surface area contributed by atoms with Gasteiger partial charge in [0.15, 0.2) is 5.78 Å². The van der Waals surface area contributed by atoms with E-state index in [0.29, 0.717) is 18.6 Å². The number of rotatable bonds is 7. The first-order chi connectivity index (χ1) is 16.7. The van der Waals surface area contributed by atoms with Crippen LogP contribution in [-0.2, 0) is 9.59 Å². The third-order valence-corrected chi connectivity index (χ3v) is 6.29. The minimum absolute atomic E-state index is 0.00109. The van der Waals surface area contributed by atoms with Crippen molar-refractivity contribution in [2.24, 2.45) is 11.8 Å². The molecule has 2 aliphatic rings. The predicted octanol–water partition coefficient (Wildman–Crippen LogP) is 3.18. The molecule has 0 N–H and O–H groups in total. The van der Waals surface area contributed by atoms with Crippen LogP contribution in [0, 0.1) is 22.0 Å². The molecule has 10 heteroatoms. The van der Waals surface area contributed by atoms with Gasteiger partial charge in [0.1, 0.15) is 12.3 Å². The number of carbonyl (C=O) groups excluding carboxylic acids is 4. The fraction of sp³-hybridized carbons (Fsp3) is 0.280. The lowest BCUT2D eigenvalue weighted by Crippen LogP contribution is -2.52. The van der Waals surface area contributed by atoms with Crippen LogP contribution in [0.5, 0.6) is 5.75 Å². The molecule has 1 saturated heterocycles. The van der Waals surface area contributed by atoms with E-state index in [4.69, 9.17) is 4.74 Å². The third kappa shape index (κ3) is 4.54. The summed E-state index contributed by atoms with van der Waals surface area (Å²) in [4.78, 5) is 63.6. The Morgan fingerprint density at radius 3 is 2.43 bits per heavy atom. The Bertz CT molecular complexity index is 1250. The first-order valence-corrected chi connectivity index (χ1v) is 11.0. The molecule has 2 aromatic rings. The first-order valence-electron chi connectivity index (χ1n) is 11.0. The molecule has 3 amide bonds. The molecule has 0 saturated carbocycles. The van der Waals surface area contributed by atoms with Gasteiger partial charge in [0.2, 0.25) is 0 Å². The summed E-state index contributed by atoms with van der Waals surface area (Å²) in [5.41, 5.74) is 0.995. The van der Waals surface area contributed by atoms with Crippen molar-refractivity contribution in [1.29, 1.82) is 0 Å². The number of nitro groups is 1. The Morgan fingerprint density at radius 1 is 1.09 bits per heavy atom. The van der Waals surface area contributed by atoms with Crippen molar-refractivity contribution in [3.8, 4) is 5.75 Å². The zero-order valence-electron chi connectivity index (χ0n) is 19.2. The van der Waals surface area contributed by atoms with Gasteiger partial charge < -0.3 is 4.74 Å². The van der Waals surface area contributed by atoms with Crippen molar-refractivity contribution in [1.82, 2.24) is 10.0 Å². The number of ether oxygens (including phenoxy) is 1. The van der Waals surface area contributed by atoms with Gasteiger partial charge in [-0.3, -0.25) is 29.3 Å². The number of carbonyl (C=O) groups is 4. The molecule has 35 heavy (non-hydrogen) atoms. The smallest absolute Gasteiger partial charge is 0.273 e. The van der Waals surface area contributed by atoms with Gasteiger partial charge >= 0.3 is 0 Å². The Kier molecular flexibility index (Phi) is 6.46. The largest absolute Gasteiger partial charge is 0.497 e. The number of nitro benzene ring substituents is 1. The van der Waals surface area contributed by atoms with Crippen LogP contribution in [-0.4, -0.2) is 52.1 Å². The number of hydrogen-bond acceptors (Lipinski definition) is 7. The van der Waals surface area contributed by atoms with Crippen molar-refractivity contribution in [2.45, 2.75) is 19.8 Å². The molecule has 0 unspecified atom stereocenters. The second-order valence-corrected chi connectivity index (χ2v) is 8.51. The lowest BCUT2D eigenvalue weighted by Gasteiger charge is -2.30. The zero-order valence-corrected chi connectivity index (χ0v) is 19.2. The summed E-state index contributed by atoms with van der Waals surface area (Å²) in [6.07, 6.45) is 2.68. The predicted molar refractivity (Wildman–Crippen MR) is 123 cm³/mol. The quantitative estimate of drug-likeness (QED) is 0.197. The first kappa shape index (κ1) is 23.8. The number of fused-ring (bicyclic) bond motifs is 1. The van der Waals surface area contributed by atoms with Crippen LogP contribution in [0.25, 0.3) is 0 Å². The van der Waals surface area contributed by atoms with Gasteiger partial charge in [0, 0.05) is 23.3 Å². The number of non-ortho nitro benzene ring substituents is 1.